The van der Waals surface area contributed by atoms with Crippen LogP contribution >= 0.6 is 11.8 Å². The summed E-state index contributed by atoms with van der Waals surface area (Å²) < 4.78 is 0. The van der Waals surface area contributed by atoms with Crippen molar-refractivity contribution in [3.05, 3.63) is 11.4 Å². The van der Waals surface area contributed by atoms with Gasteiger partial charge in [-0.2, -0.15) is 0 Å². The van der Waals surface area contributed by atoms with Crippen molar-refractivity contribution in [1.29, 1.82) is 0 Å². The van der Waals surface area contributed by atoms with Gasteiger partial charge in [0, 0.05) is 16.7 Å². The van der Waals surface area contributed by atoms with E-state index in [1.54, 1.807) is 11.8 Å². The maximum absolute atomic E-state index is 5.56. The van der Waals surface area contributed by atoms with Gasteiger partial charge in [0.05, 0.1) is 0 Å². The number of thioether (sulfide) groups is 1. The second kappa shape index (κ2) is 6.57. The summed E-state index contributed by atoms with van der Waals surface area (Å²) in [5.41, 5.74) is 3.64. The van der Waals surface area contributed by atoms with E-state index in [4.69, 9.17) is 10.8 Å². The Bertz CT molecular complexity index is 426. The van der Waals surface area contributed by atoms with Crippen LogP contribution in [0.25, 0.3) is 0 Å². The molecule has 19 heavy (non-hydrogen) atoms. The summed E-state index contributed by atoms with van der Waals surface area (Å²) in [5, 5.41) is 1.04. The predicted octanol–water partition coefficient (Wildman–Crippen LogP) is 3.51. The van der Waals surface area contributed by atoms with E-state index in [2.05, 4.69) is 45.0 Å². The number of hydrogen-bond acceptors (Lipinski definition) is 5. The average molecular weight is 282 g/mol. The summed E-state index contributed by atoms with van der Waals surface area (Å²) in [4.78, 5) is 9.22. The minimum absolute atomic E-state index is 0.0784. The number of hydrazine groups is 1. The molecule has 3 N–H and O–H groups in total. The van der Waals surface area contributed by atoms with Crippen molar-refractivity contribution in [1.82, 2.24) is 9.97 Å². The SMILES string of the molecule is CCC(C)CSc1nc(C(C)(C)C)nc(NN)c1C. The molecule has 0 aliphatic carbocycles. The summed E-state index contributed by atoms with van der Waals surface area (Å²) in [6, 6.07) is 0. The van der Waals surface area contributed by atoms with Crippen LogP contribution in [0.15, 0.2) is 5.03 Å². The van der Waals surface area contributed by atoms with Gasteiger partial charge in [0.2, 0.25) is 0 Å². The van der Waals surface area contributed by atoms with Crippen molar-refractivity contribution < 1.29 is 0 Å². The van der Waals surface area contributed by atoms with Crippen molar-refractivity contribution in [2.75, 3.05) is 11.2 Å². The Kier molecular flexibility index (Phi) is 5.62. The van der Waals surface area contributed by atoms with E-state index in [-0.39, 0.29) is 5.41 Å². The highest BCUT2D eigenvalue weighted by atomic mass is 32.2. The smallest absolute Gasteiger partial charge is 0.147 e. The molecule has 0 fully saturated rings. The molecular weight excluding hydrogens is 256 g/mol. The van der Waals surface area contributed by atoms with E-state index in [1.165, 1.54) is 6.42 Å². The van der Waals surface area contributed by atoms with Crippen molar-refractivity contribution in [2.45, 2.75) is 58.4 Å². The number of anilines is 1. The zero-order valence-corrected chi connectivity index (χ0v) is 13.7. The van der Waals surface area contributed by atoms with E-state index < -0.39 is 0 Å². The molecule has 0 spiro atoms. The number of nitrogen functional groups attached to an aromatic ring is 1. The van der Waals surface area contributed by atoms with Crippen molar-refractivity contribution in [3.63, 3.8) is 0 Å². The number of nitrogens with two attached hydrogens (primary N) is 1. The molecule has 5 heteroatoms. The Morgan fingerprint density at radius 1 is 1.32 bits per heavy atom. The summed E-state index contributed by atoms with van der Waals surface area (Å²) in [6.45, 7) is 12.8. The topological polar surface area (TPSA) is 63.8 Å². The molecule has 0 bridgehead atoms. The van der Waals surface area contributed by atoms with Gasteiger partial charge in [-0.1, -0.05) is 41.0 Å². The number of hydrogen-bond donors (Lipinski definition) is 2. The molecule has 1 heterocycles. The molecule has 1 aromatic rings. The molecule has 108 valence electrons. The summed E-state index contributed by atoms with van der Waals surface area (Å²) >= 11 is 1.79. The molecule has 0 aliphatic heterocycles. The fraction of sp³-hybridized carbons (Fsp3) is 0.714. The molecule has 0 aliphatic rings. The molecule has 1 aromatic heterocycles. The molecule has 0 amide bonds. The lowest BCUT2D eigenvalue weighted by molar-refractivity contribution is 0.538. The van der Waals surface area contributed by atoms with Crippen LogP contribution in [0.3, 0.4) is 0 Å². The van der Waals surface area contributed by atoms with Crippen LogP contribution in [-0.2, 0) is 5.41 Å². The standard InChI is InChI=1S/C14H26N4S/c1-7-9(2)8-19-12-10(3)11(18-15)16-13(17-12)14(4,5)6/h9H,7-8,15H2,1-6H3,(H,16,17,18). The fourth-order valence-electron chi connectivity index (χ4n) is 1.45. The van der Waals surface area contributed by atoms with Gasteiger partial charge < -0.3 is 5.43 Å². The van der Waals surface area contributed by atoms with Gasteiger partial charge in [-0.3, -0.25) is 0 Å². The molecule has 4 nitrogen and oxygen atoms in total. The Balaban J connectivity index is 3.08. The van der Waals surface area contributed by atoms with E-state index in [1.807, 2.05) is 6.92 Å². The van der Waals surface area contributed by atoms with Crippen LogP contribution in [0.5, 0.6) is 0 Å². The lowest BCUT2D eigenvalue weighted by Gasteiger charge is -2.20. The Morgan fingerprint density at radius 3 is 2.42 bits per heavy atom. The number of rotatable bonds is 5. The highest BCUT2D eigenvalue weighted by molar-refractivity contribution is 7.99. The van der Waals surface area contributed by atoms with Crippen LogP contribution in [-0.4, -0.2) is 15.7 Å². The third-order valence-corrected chi connectivity index (χ3v) is 4.52. The normalized spacial score (nSPS) is 13.4. The van der Waals surface area contributed by atoms with Gasteiger partial charge in [0.1, 0.15) is 16.7 Å². The van der Waals surface area contributed by atoms with Crippen LogP contribution in [0.1, 0.15) is 52.4 Å². The van der Waals surface area contributed by atoms with Gasteiger partial charge in [-0.15, -0.1) is 11.8 Å². The monoisotopic (exact) mass is 282 g/mol. The zero-order chi connectivity index (χ0) is 14.6. The highest BCUT2D eigenvalue weighted by Crippen LogP contribution is 2.30. The summed E-state index contributed by atoms with van der Waals surface area (Å²) in [6.07, 6.45) is 1.19. The van der Waals surface area contributed by atoms with E-state index in [9.17, 15) is 0 Å². The third kappa shape index (κ3) is 4.35. The molecule has 1 atom stereocenters. The second-order valence-corrected chi connectivity index (χ2v) is 7.05. The lowest BCUT2D eigenvalue weighted by Crippen LogP contribution is -2.20. The Hall–Kier alpha value is -0.810. The first-order valence-electron chi connectivity index (χ1n) is 6.78. The first kappa shape index (κ1) is 16.2. The fourth-order valence-corrected chi connectivity index (χ4v) is 2.59. The van der Waals surface area contributed by atoms with Crippen LogP contribution in [0.4, 0.5) is 5.82 Å². The maximum Gasteiger partial charge on any atom is 0.147 e. The lowest BCUT2D eigenvalue weighted by atomic mass is 9.95. The van der Waals surface area contributed by atoms with Crippen molar-refractivity contribution in [2.24, 2.45) is 11.8 Å². The molecule has 0 saturated carbocycles. The third-order valence-electron chi connectivity index (χ3n) is 3.11. The van der Waals surface area contributed by atoms with Gasteiger partial charge in [0.15, 0.2) is 0 Å². The molecule has 1 unspecified atom stereocenters. The molecule has 0 radical (unpaired) electrons. The van der Waals surface area contributed by atoms with Crippen LogP contribution in [0.2, 0.25) is 0 Å². The first-order chi connectivity index (χ1) is 8.79. The largest absolute Gasteiger partial charge is 0.308 e. The van der Waals surface area contributed by atoms with E-state index in [0.717, 1.165) is 28.0 Å². The minimum atomic E-state index is -0.0784. The quantitative estimate of drug-likeness (QED) is 0.374. The molecule has 0 saturated heterocycles. The van der Waals surface area contributed by atoms with Gasteiger partial charge in [-0.25, -0.2) is 15.8 Å². The van der Waals surface area contributed by atoms with Crippen LogP contribution < -0.4 is 11.3 Å². The predicted molar refractivity (Wildman–Crippen MR) is 83.5 cm³/mol. The summed E-state index contributed by atoms with van der Waals surface area (Å²) in [7, 11) is 0. The number of nitrogens with one attached hydrogen (secondary N) is 1. The number of nitrogens with zero attached hydrogens (tertiary/aromatic N) is 2. The minimum Gasteiger partial charge on any atom is -0.308 e. The highest BCUT2D eigenvalue weighted by Gasteiger charge is 2.21. The van der Waals surface area contributed by atoms with Gasteiger partial charge in [-0.05, 0) is 12.8 Å². The number of aromatic nitrogens is 2. The molecule has 0 aromatic carbocycles. The maximum atomic E-state index is 5.56. The molecule has 1 rings (SSSR count). The average Bonchev–Trinajstić information content (AvgIpc) is 2.35. The van der Waals surface area contributed by atoms with Crippen molar-refractivity contribution in [3.8, 4) is 0 Å². The van der Waals surface area contributed by atoms with E-state index in [0.29, 0.717) is 5.92 Å². The van der Waals surface area contributed by atoms with E-state index >= 15 is 0 Å². The molecular formula is C14H26N4S. The summed E-state index contributed by atoms with van der Waals surface area (Å²) in [5.74, 6) is 8.88. The Labute approximate surface area is 121 Å². The first-order valence-corrected chi connectivity index (χ1v) is 7.76. The zero-order valence-electron chi connectivity index (χ0n) is 12.9. The Morgan fingerprint density at radius 2 is 1.95 bits per heavy atom. The van der Waals surface area contributed by atoms with Gasteiger partial charge in [0.25, 0.3) is 0 Å². The van der Waals surface area contributed by atoms with Crippen LogP contribution in [0, 0.1) is 12.8 Å². The second-order valence-electron chi connectivity index (χ2n) is 6.04. The van der Waals surface area contributed by atoms with Crippen molar-refractivity contribution >= 4 is 17.6 Å². The van der Waals surface area contributed by atoms with Gasteiger partial charge >= 0.3 is 0 Å².